The van der Waals surface area contributed by atoms with Gasteiger partial charge in [0.05, 0.1) is 19.3 Å². The Balaban J connectivity index is 1.57. The van der Waals surface area contributed by atoms with Crippen molar-refractivity contribution < 1.29 is 9.84 Å². The first kappa shape index (κ1) is 19.1. The van der Waals surface area contributed by atoms with Gasteiger partial charge in [-0.05, 0) is 42.7 Å². The molecule has 0 heterocycles. The van der Waals surface area contributed by atoms with E-state index in [1.807, 2.05) is 0 Å². The minimum atomic E-state index is 0.127. The summed E-state index contributed by atoms with van der Waals surface area (Å²) in [5, 5.41) is 8.92. The van der Waals surface area contributed by atoms with E-state index in [0.717, 1.165) is 38.4 Å². The molecule has 3 heteroatoms. The van der Waals surface area contributed by atoms with Crippen molar-refractivity contribution in [1.29, 1.82) is 0 Å². The molecule has 0 radical (unpaired) electrons. The molecule has 2 aromatic carbocycles. The maximum Gasteiger partial charge on any atom is 0.0701 e. The van der Waals surface area contributed by atoms with Gasteiger partial charge in [-0.25, -0.2) is 0 Å². The zero-order valence-corrected chi connectivity index (χ0v) is 15.6. The Morgan fingerprint density at radius 1 is 0.808 bits per heavy atom. The largest absolute Gasteiger partial charge is 0.394 e. The molecule has 26 heavy (non-hydrogen) atoms. The number of aliphatic hydroxyl groups excluding tert-OH is 1. The fourth-order valence-corrected chi connectivity index (χ4v) is 3.93. The molecule has 3 rings (SSSR count). The third-order valence-electron chi connectivity index (χ3n) is 5.25. The zero-order chi connectivity index (χ0) is 18.0. The smallest absolute Gasteiger partial charge is 0.0701 e. The number of benzene rings is 2. The van der Waals surface area contributed by atoms with Crippen molar-refractivity contribution in [2.24, 2.45) is 5.92 Å². The van der Waals surface area contributed by atoms with Crippen LogP contribution >= 0.6 is 0 Å². The molecule has 3 nitrogen and oxygen atoms in total. The van der Waals surface area contributed by atoms with E-state index in [2.05, 4.69) is 65.6 Å². The highest BCUT2D eigenvalue weighted by Crippen LogP contribution is 2.28. The predicted octanol–water partition coefficient (Wildman–Crippen LogP) is 4.26. The van der Waals surface area contributed by atoms with E-state index in [9.17, 15) is 0 Å². The summed E-state index contributed by atoms with van der Waals surface area (Å²) in [5.74, 6) is 0.733. The molecule has 0 aromatic heterocycles. The Bertz CT molecular complexity index is 567. The number of nitrogens with zero attached hydrogens (tertiary/aromatic N) is 1. The lowest BCUT2D eigenvalue weighted by Crippen LogP contribution is -2.32. The monoisotopic (exact) mass is 353 g/mol. The van der Waals surface area contributed by atoms with Gasteiger partial charge in [0.15, 0.2) is 0 Å². The van der Waals surface area contributed by atoms with Crippen LogP contribution in [0.4, 0.5) is 0 Å². The fraction of sp³-hybridized carbons (Fsp3) is 0.478. The third kappa shape index (κ3) is 6.24. The molecular formula is C23H31NO2. The number of rotatable bonds is 9. The van der Waals surface area contributed by atoms with E-state index in [1.165, 1.54) is 24.0 Å². The van der Waals surface area contributed by atoms with E-state index < -0.39 is 0 Å². The number of aliphatic hydroxyl groups is 1. The van der Waals surface area contributed by atoms with Gasteiger partial charge in [0.25, 0.3) is 0 Å². The molecular weight excluding hydrogens is 322 g/mol. The molecule has 0 saturated heterocycles. The SMILES string of the molecule is OCCOC1CCC(CN(Cc2ccccc2)Cc2ccccc2)CC1. The van der Waals surface area contributed by atoms with Gasteiger partial charge in [-0.3, -0.25) is 4.90 Å². The van der Waals surface area contributed by atoms with Crippen molar-refractivity contribution in [3.05, 3.63) is 71.8 Å². The third-order valence-corrected chi connectivity index (χ3v) is 5.25. The molecule has 1 fully saturated rings. The molecule has 140 valence electrons. The molecule has 1 aliphatic carbocycles. The van der Waals surface area contributed by atoms with Gasteiger partial charge in [0.2, 0.25) is 0 Å². The Morgan fingerprint density at radius 2 is 1.35 bits per heavy atom. The van der Waals surface area contributed by atoms with Crippen LogP contribution in [-0.2, 0) is 17.8 Å². The highest BCUT2D eigenvalue weighted by atomic mass is 16.5. The first-order valence-corrected chi connectivity index (χ1v) is 9.86. The quantitative estimate of drug-likeness (QED) is 0.731. The normalized spacial score (nSPS) is 20.4. The van der Waals surface area contributed by atoms with Gasteiger partial charge in [-0.2, -0.15) is 0 Å². The van der Waals surface area contributed by atoms with Gasteiger partial charge < -0.3 is 9.84 Å². The topological polar surface area (TPSA) is 32.7 Å². The minimum absolute atomic E-state index is 0.127. The molecule has 0 amide bonds. The highest BCUT2D eigenvalue weighted by Gasteiger charge is 2.23. The lowest BCUT2D eigenvalue weighted by molar-refractivity contribution is -0.00307. The second-order valence-corrected chi connectivity index (χ2v) is 7.38. The molecule has 0 bridgehead atoms. The average molecular weight is 354 g/mol. The molecule has 0 spiro atoms. The minimum Gasteiger partial charge on any atom is -0.394 e. The lowest BCUT2D eigenvalue weighted by atomic mass is 9.87. The van der Waals surface area contributed by atoms with Crippen molar-refractivity contribution >= 4 is 0 Å². The van der Waals surface area contributed by atoms with Crippen molar-refractivity contribution in [3.63, 3.8) is 0 Å². The number of ether oxygens (including phenoxy) is 1. The highest BCUT2D eigenvalue weighted by molar-refractivity contribution is 5.17. The Morgan fingerprint density at radius 3 is 1.85 bits per heavy atom. The van der Waals surface area contributed by atoms with Crippen LogP contribution in [0.3, 0.4) is 0 Å². The standard InChI is InChI=1S/C23H31NO2/c25-15-16-26-23-13-11-22(12-14-23)19-24(17-20-7-3-1-4-8-20)18-21-9-5-2-6-10-21/h1-10,22-23,25H,11-19H2. The van der Waals surface area contributed by atoms with Crippen LogP contribution in [0.5, 0.6) is 0 Å². The molecule has 1 saturated carbocycles. The summed E-state index contributed by atoms with van der Waals surface area (Å²) in [7, 11) is 0. The van der Waals surface area contributed by atoms with E-state index in [0.29, 0.717) is 12.7 Å². The summed E-state index contributed by atoms with van der Waals surface area (Å²) in [6.07, 6.45) is 5.02. The maximum absolute atomic E-state index is 8.92. The molecule has 0 unspecified atom stereocenters. The summed E-state index contributed by atoms with van der Waals surface area (Å²) >= 11 is 0. The Hall–Kier alpha value is -1.68. The van der Waals surface area contributed by atoms with Crippen LogP contribution in [0.25, 0.3) is 0 Å². The number of hydrogen-bond acceptors (Lipinski definition) is 3. The molecule has 0 atom stereocenters. The second kappa shape index (κ2) is 10.5. The van der Waals surface area contributed by atoms with Gasteiger partial charge in [-0.1, -0.05) is 60.7 Å². The molecule has 2 aromatic rings. The van der Waals surface area contributed by atoms with Crippen LogP contribution in [0.15, 0.2) is 60.7 Å². The second-order valence-electron chi connectivity index (χ2n) is 7.38. The van der Waals surface area contributed by atoms with Crippen molar-refractivity contribution in [3.8, 4) is 0 Å². The Labute approximate surface area is 157 Å². The van der Waals surface area contributed by atoms with E-state index in [1.54, 1.807) is 0 Å². The summed E-state index contributed by atoms with van der Waals surface area (Å²) < 4.78 is 5.71. The zero-order valence-electron chi connectivity index (χ0n) is 15.6. The van der Waals surface area contributed by atoms with Gasteiger partial charge in [0, 0.05) is 19.6 Å². The van der Waals surface area contributed by atoms with E-state index in [-0.39, 0.29) is 6.61 Å². The summed E-state index contributed by atoms with van der Waals surface area (Å²) in [6.45, 7) is 3.73. The summed E-state index contributed by atoms with van der Waals surface area (Å²) in [5.41, 5.74) is 2.76. The van der Waals surface area contributed by atoms with Crippen LogP contribution in [0.1, 0.15) is 36.8 Å². The van der Waals surface area contributed by atoms with Crippen molar-refractivity contribution in [1.82, 2.24) is 4.90 Å². The predicted molar refractivity (Wildman–Crippen MR) is 106 cm³/mol. The first-order chi connectivity index (χ1) is 12.8. The average Bonchev–Trinajstić information content (AvgIpc) is 2.69. The van der Waals surface area contributed by atoms with E-state index >= 15 is 0 Å². The van der Waals surface area contributed by atoms with Crippen molar-refractivity contribution in [2.45, 2.75) is 44.9 Å². The summed E-state index contributed by atoms with van der Waals surface area (Å²) in [4.78, 5) is 2.59. The van der Waals surface area contributed by atoms with Gasteiger partial charge in [-0.15, -0.1) is 0 Å². The number of hydrogen-bond donors (Lipinski definition) is 1. The molecule has 1 aliphatic rings. The lowest BCUT2D eigenvalue weighted by Gasteiger charge is -2.33. The fourth-order valence-electron chi connectivity index (χ4n) is 3.93. The van der Waals surface area contributed by atoms with Crippen LogP contribution in [0.2, 0.25) is 0 Å². The first-order valence-electron chi connectivity index (χ1n) is 9.86. The molecule has 1 N–H and O–H groups in total. The summed E-state index contributed by atoms with van der Waals surface area (Å²) in [6, 6.07) is 21.5. The maximum atomic E-state index is 8.92. The van der Waals surface area contributed by atoms with Crippen LogP contribution < -0.4 is 0 Å². The Kier molecular flexibility index (Phi) is 7.68. The van der Waals surface area contributed by atoms with E-state index in [4.69, 9.17) is 9.84 Å². The van der Waals surface area contributed by atoms with Crippen molar-refractivity contribution in [2.75, 3.05) is 19.8 Å². The van der Waals surface area contributed by atoms with Gasteiger partial charge in [0.1, 0.15) is 0 Å². The van der Waals surface area contributed by atoms with Gasteiger partial charge >= 0.3 is 0 Å². The molecule has 0 aliphatic heterocycles. The van der Waals surface area contributed by atoms with Crippen LogP contribution in [0, 0.1) is 5.92 Å². The van der Waals surface area contributed by atoms with Crippen LogP contribution in [-0.4, -0.2) is 35.9 Å².